The van der Waals surface area contributed by atoms with Crippen LogP contribution in [0.25, 0.3) is 21.6 Å². The minimum absolute atomic E-state index is 0.0445. The van der Waals surface area contributed by atoms with E-state index in [1.54, 1.807) is 4.57 Å². The molecule has 0 amide bonds. The van der Waals surface area contributed by atoms with Gasteiger partial charge in [0.2, 0.25) is 0 Å². The van der Waals surface area contributed by atoms with Gasteiger partial charge >= 0.3 is 5.97 Å². The van der Waals surface area contributed by atoms with Crippen LogP contribution in [-0.2, 0) is 6.54 Å². The number of nitrogens with zero attached hydrogens (tertiary/aromatic N) is 2. The molecule has 0 aliphatic carbocycles. The Kier molecular flexibility index (Phi) is 6.06. The first kappa shape index (κ1) is 19.3. The summed E-state index contributed by atoms with van der Waals surface area (Å²) in [5, 5.41) is 11.1. The molecule has 0 saturated carbocycles. The zero-order chi connectivity index (χ0) is 19.4. The summed E-state index contributed by atoms with van der Waals surface area (Å²) in [6, 6.07) is 7.90. The first-order valence-electron chi connectivity index (χ1n) is 9.35. The normalized spacial score (nSPS) is 11.2. The van der Waals surface area contributed by atoms with Gasteiger partial charge in [-0.3, -0.25) is 9.36 Å². The van der Waals surface area contributed by atoms with Crippen LogP contribution in [0.15, 0.2) is 34.4 Å². The fourth-order valence-electron chi connectivity index (χ4n) is 3.27. The number of benzene rings is 1. The number of hydrogen-bond acceptors (Lipinski definition) is 4. The minimum atomic E-state index is -1.09. The first-order chi connectivity index (χ1) is 13.0. The Bertz CT molecular complexity index is 1020. The Morgan fingerprint density at radius 2 is 2.00 bits per heavy atom. The number of carboxylic acid groups (broad SMARTS) is 1. The summed E-state index contributed by atoms with van der Waals surface area (Å²) < 4.78 is 1.65. The Hall–Kier alpha value is -2.47. The maximum Gasteiger partial charge on any atom is 0.337 e. The molecular formula is C21H24N2O3S. The molecule has 0 saturated heterocycles. The molecular weight excluding hydrogens is 360 g/mol. The molecule has 2 heterocycles. The molecule has 0 aliphatic heterocycles. The summed E-state index contributed by atoms with van der Waals surface area (Å²) in [6.45, 7) is 4.72. The van der Waals surface area contributed by atoms with E-state index >= 15 is 0 Å². The van der Waals surface area contributed by atoms with Crippen molar-refractivity contribution in [2.24, 2.45) is 0 Å². The molecule has 6 heteroatoms. The van der Waals surface area contributed by atoms with E-state index in [0.29, 0.717) is 17.2 Å². The van der Waals surface area contributed by atoms with Crippen LogP contribution in [0.4, 0.5) is 0 Å². The second-order valence-electron chi connectivity index (χ2n) is 6.81. The lowest BCUT2D eigenvalue weighted by Crippen LogP contribution is -2.24. The van der Waals surface area contributed by atoms with Crippen molar-refractivity contribution < 1.29 is 9.90 Å². The van der Waals surface area contributed by atoms with E-state index in [4.69, 9.17) is 0 Å². The third kappa shape index (κ3) is 4.11. The van der Waals surface area contributed by atoms with Crippen molar-refractivity contribution in [2.75, 3.05) is 0 Å². The van der Waals surface area contributed by atoms with Crippen molar-refractivity contribution in [2.45, 2.75) is 52.5 Å². The highest BCUT2D eigenvalue weighted by Gasteiger charge is 2.20. The summed E-state index contributed by atoms with van der Waals surface area (Å²) in [4.78, 5) is 29.8. The number of unbranched alkanes of at least 4 members (excludes halogenated alkanes) is 4. The number of rotatable bonds is 8. The molecule has 0 unspecified atom stereocenters. The molecule has 3 rings (SSSR count). The molecule has 1 N–H and O–H groups in total. The van der Waals surface area contributed by atoms with Gasteiger partial charge in [-0.2, -0.15) is 0 Å². The van der Waals surface area contributed by atoms with E-state index in [1.807, 2.05) is 31.2 Å². The number of thiophene rings is 1. The fraction of sp³-hybridized carbons (Fsp3) is 0.381. The van der Waals surface area contributed by atoms with Gasteiger partial charge in [-0.1, -0.05) is 56.4 Å². The van der Waals surface area contributed by atoms with Crippen LogP contribution in [0.2, 0.25) is 0 Å². The van der Waals surface area contributed by atoms with Crippen molar-refractivity contribution in [1.29, 1.82) is 0 Å². The molecule has 0 radical (unpaired) electrons. The zero-order valence-electron chi connectivity index (χ0n) is 15.7. The van der Waals surface area contributed by atoms with Gasteiger partial charge in [0.05, 0.1) is 10.9 Å². The minimum Gasteiger partial charge on any atom is -0.478 e. The van der Waals surface area contributed by atoms with Crippen LogP contribution in [-0.4, -0.2) is 20.6 Å². The highest BCUT2D eigenvalue weighted by Crippen LogP contribution is 2.26. The first-order valence-corrected chi connectivity index (χ1v) is 10.2. The molecule has 5 nitrogen and oxygen atoms in total. The van der Waals surface area contributed by atoms with Crippen molar-refractivity contribution in [3.8, 4) is 11.4 Å². The standard InChI is InChI=1S/C21H24N2O3S/c1-3-4-5-6-7-11-23-18(15-10-8-9-14(2)12-15)22-19-17(20(23)24)16(13-27-19)21(25)26/h8-10,12-13H,3-7,11H2,1-2H3,(H,25,26). The summed E-state index contributed by atoms with van der Waals surface area (Å²) in [5.41, 5.74) is 1.76. The number of aromatic nitrogens is 2. The van der Waals surface area contributed by atoms with E-state index in [9.17, 15) is 14.7 Å². The summed E-state index contributed by atoms with van der Waals surface area (Å²) in [6.07, 6.45) is 5.41. The average molecular weight is 385 g/mol. The maximum absolute atomic E-state index is 13.2. The van der Waals surface area contributed by atoms with Gasteiger partial charge in [-0.25, -0.2) is 9.78 Å². The second kappa shape index (κ2) is 8.48. The largest absolute Gasteiger partial charge is 0.478 e. The van der Waals surface area contributed by atoms with Crippen LogP contribution < -0.4 is 5.56 Å². The Balaban J connectivity index is 2.10. The van der Waals surface area contributed by atoms with Gasteiger partial charge in [-0.15, -0.1) is 11.3 Å². The SMILES string of the molecule is CCCCCCCn1c(-c2cccc(C)c2)nc2scc(C(=O)O)c2c1=O. The molecule has 0 atom stereocenters. The quantitative estimate of drug-likeness (QED) is 0.548. The third-order valence-electron chi connectivity index (χ3n) is 4.69. The third-order valence-corrected chi connectivity index (χ3v) is 5.56. The lowest BCUT2D eigenvalue weighted by molar-refractivity contribution is 0.0699. The second-order valence-corrected chi connectivity index (χ2v) is 7.67. The molecule has 2 aromatic heterocycles. The Labute approximate surface area is 162 Å². The highest BCUT2D eigenvalue weighted by molar-refractivity contribution is 7.17. The van der Waals surface area contributed by atoms with Crippen LogP contribution in [0.3, 0.4) is 0 Å². The summed E-state index contributed by atoms with van der Waals surface area (Å²) >= 11 is 1.21. The van der Waals surface area contributed by atoms with Crippen LogP contribution >= 0.6 is 11.3 Å². The van der Waals surface area contributed by atoms with Crippen LogP contribution in [0.1, 0.15) is 54.9 Å². The topological polar surface area (TPSA) is 72.2 Å². The summed E-state index contributed by atoms with van der Waals surface area (Å²) in [7, 11) is 0. The lowest BCUT2D eigenvalue weighted by atomic mass is 10.1. The number of hydrogen-bond donors (Lipinski definition) is 1. The molecule has 3 aromatic rings. The van der Waals surface area contributed by atoms with Gasteiger partial charge < -0.3 is 5.11 Å². The van der Waals surface area contributed by atoms with Gasteiger partial charge in [0, 0.05) is 17.5 Å². The molecule has 1 aromatic carbocycles. The predicted molar refractivity (Wildman–Crippen MR) is 110 cm³/mol. The molecule has 0 fully saturated rings. The molecule has 0 bridgehead atoms. The molecule has 27 heavy (non-hydrogen) atoms. The highest BCUT2D eigenvalue weighted by atomic mass is 32.1. The number of fused-ring (bicyclic) bond motifs is 1. The number of carbonyl (C=O) groups is 1. The van der Waals surface area contributed by atoms with E-state index in [1.165, 1.54) is 29.6 Å². The van der Waals surface area contributed by atoms with Gasteiger partial charge in [0.1, 0.15) is 10.7 Å². The Morgan fingerprint density at radius 1 is 1.22 bits per heavy atom. The summed E-state index contributed by atoms with van der Waals surface area (Å²) in [5.74, 6) is -0.469. The van der Waals surface area contributed by atoms with E-state index < -0.39 is 5.97 Å². The van der Waals surface area contributed by atoms with E-state index in [2.05, 4.69) is 11.9 Å². The molecule has 0 spiro atoms. The monoisotopic (exact) mass is 384 g/mol. The van der Waals surface area contributed by atoms with E-state index in [-0.39, 0.29) is 16.5 Å². The van der Waals surface area contributed by atoms with Crippen LogP contribution in [0.5, 0.6) is 0 Å². The number of aryl methyl sites for hydroxylation is 1. The van der Waals surface area contributed by atoms with Gasteiger partial charge in [0.15, 0.2) is 0 Å². The smallest absolute Gasteiger partial charge is 0.337 e. The number of carboxylic acids is 1. The molecule has 142 valence electrons. The zero-order valence-corrected chi connectivity index (χ0v) is 16.5. The van der Waals surface area contributed by atoms with Crippen LogP contribution in [0, 0.1) is 6.92 Å². The van der Waals surface area contributed by atoms with Crippen molar-refractivity contribution in [3.63, 3.8) is 0 Å². The average Bonchev–Trinajstić information content (AvgIpc) is 3.07. The Morgan fingerprint density at radius 3 is 2.70 bits per heavy atom. The van der Waals surface area contributed by atoms with Crippen molar-refractivity contribution >= 4 is 27.5 Å². The number of aromatic carboxylic acids is 1. The van der Waals surface area contributed by atoms with Gasteiger partial charge in [-0.05, 0) is 19.4 Å². The van der Waals surface area contributed by atoms with Crippen molar-refractivity contribution in [3.05, 3.63) is 51.1 Å². The van der Waals surface area contributed by atoms with Gasteiger partial charge in [0.25, 0.3) is 5.56 Å². The fourth-order valence-corrected chi connectivity index (χ4v) is 4.17. The molecule has 0 aliphatic rings. The lowest BCUT2D eigenvalue weighted by Gasteiger charge is -2.13. The van der Waals surface area contributed by atoms with E-state index in [0.717, 1.165) is 30.4 Å². The van der Waals surface area contributed by atoms with Crippen molar-refractivity contribution in [1.82, 2.24) is 9.55 Å². The predicted octanol–water partition coefficient (Wildman–Crippen LogP) is 5.10. The maximum atomic E-state index is 13.2.